The van der Waals surface area contributed by atoms with Gasteiger partial charge in [0.05, 0.1) is 11.6 Å². The minimum atomic E-state index is -0.908. The summed E-state index contributed by atoms with van der Waals surface area (Å²) in [6, 6.07) is 15.9. The lowest BCUT2D eigenvalue weighted by Gasteiger charge is -2.37. The molecule has 1 amide bonds. The number of nitrogens with one attached hydrogen (secondary N) is 2. The predicted octanol–water partition coefficient (Wildman–Crippen LogP) is 3.81. The number of benzene rings is 2. The maximum atomic E-state index is 11.7. The summed E-state index contributed by atoms with van der Waals surface area (Å²) in [6.07, 6.45) is 4.30. The molecule has 8 nitrogen and oxygen atoms in total. The van der Waals surface area contributed by atoms with Crippen LogP contribution in [-0.4, -0.2) is 27.6 Å². The van der Waals surface area contributed by atoms with Gasteiger partial charge in [-0.1, -0.05) is 49.9 Å². The van der Waals surface area contributed by atoms with E-state index in [0.29, 0.717) is 0 Å². The van der Waals surface area contributed by atoms with E-state index in [1.165, 1.54) is 11.9 Å². The molecule has 0 aliphatic carbocycles. The van der Waals surface area contributed by atoms with Crippen molar-refractivity contribution in [2.75, 3.05) is 16.0 Å². The molecule has 0 bridgehead atoms. The van der Waals surface area contributed by atoms with Crippen molar-refractivity contribution in [2.45, 2.75) is 26.3 Å². The van der Waals surface area contributed by atoms with E-state index in [9.17, 15) is 4.79 Å². The van der Waals surface area contributed by atoms with E-state index in [-0.39, 0.29) is 23.2 Å². The van der Waals surface area contributed by atoms with Gasteiger partial charge in [0, 0.05) is 22.6 Å². The molecule has 1 aliphatic heterocycles. The van der Waals surface area contributed by atoms with Crippen LogP contribution in [0.15, 0.2) is 67.1 Å². The van der Waals surface area contributed by atoms with Gasteiger partial charge in [0.25, 0.3) is 5.91 Å². The second-order valence-electron chi connectivity index (χ2n) is 8.01. The molecule has 0 radical (unpaired) electrons. The van der Waals surface area contributed by atoms with Crippen LogP contribution < -0.4 is 21.7 Å². The van der Waals surface area contributed by atoms with Crippen LogP contribution in [0.4, 0.5) is 17.3 Å². The van der Waals surface area contributed by atoms with Crippen LogP contribution in [-0.2, 0) is 11.2 Å². The summed E-state index contributed by atoms with van der Waals surface area (Å²) in [7, 11) is 0. The molecular weight excluding hydrogens is 426 g/mol. The number of primary amides is 1. The van der Waals surface area contributed by atoms with Crippen molar-refractivity contribution in [3.05, 3.63) is 89.4 Å². The summed E-state index contributed by atoms with van der Waals surface area (Å²) in [4.78, 5) is 22.0. The standard InChI is InChI=1S/C26H27N7O/c1-4-17-9-8-10-18-13-20(33(16(3)21(17)18)19-11-6-5-7-12-19)15(2)32-26-22(23(27)25(29)34)24(28)30-14-31-26/h5-15,27H,3-4H2,1-2H3,(H2,29,34)(H3,28,30,31,32)/t15-/m0/s1. The quantitative estimate of drug-likeness (QED) is 0.402. The van der Waals surface area contributed by atoms with E-state index in [0.717, 1.165) is 34.6 Å². The lowest BCUT2D eigenvalue weighted by molar-refractivity contribution is -0.112. The summed E-state index contributed by atoms with van der Waals surface area (Å²) in [6.45, 7) is 8.57. The molecule has 1 aliphatic rings. The molecule has 0 spiro atoms. The van der Waals surface area contributed by atoms with Crippen LogP contribution in [0.5, 0.6) is 0 Å². The molecule has 172 valence electrons. The lowest BCUT2D eigenvalue weighted by Crippen LogP contribution is -2.35. The van der Waals surface area contributed by atoms with Crippen LogP contribution >= 0.6 is 0 Å². The Kier molecular flexibility index (Phi) is 6.14. The van der Waals surface area contributed by atoms with Gasteiger partial charge >= 0.3 is 0 Å². The van der Waals surface area contributed by atoms with Gasteiger partial charge < -0.3 is 21.7 Å². The van der Waals surface area contributed by atoms with Crippen LogP contribution in [0.1, 0.15) is 36.1 Å². The van der Waals surface area contributed by atoms with Crippen molar-refractivity contribution in [1.29, 1.82) is 5.41 Å². The third-order valence-electron chi connectivity index (χ3n) is 5.87. The highest BCUT2D eigenvalue weighted by Crippen LogP contribution is 2.40. The molecule has 0 saturated carbocycles. The first-order valence-electron chi connectivity index (χ1n) is 11.0. The fraction of sp³-hybridized carbons (Fsp3) is 0.154. The van der Waals surface area contributed by atoms with E-state index >= 15 is 0 Å². The number of aryl methyl sites for hydroxylation is 1. The SMILES string of the molecule is C=C1c2c(cccc2CC)C=C([C@H](C)Nc2ncnc(N)c2C(=N)C(N)=O)N1c1ccccc1. The topological polar surface area (TPSA) is 134 Å². The smallest absolute Gasteiger partial charge is 0.267 e. The Morgan fingerprint density at radius 2 is 1.91 bits per heavy atom. The number of hydrogen-bond acceptors (Lipinski definition) is 7. The second-order valence-corrected chi connectivity index (χ2v) is 8.01. The van der Waals surface area contributed by atoms with Crippen LogP contribution in [0.2, 0.25) is 0 Å². The summed E-state index contributed by atoms with van der Waals surface area (Å²) < 4.78 is 0. The molecule has 1 aromatic heterocycles. The molecule has 4 rings (SSSR count). The molecule has 2 aromatic carbocycles. The summed E-state index contributed by atoms with van der Waals surface area (Å²) in [5, 5.41) is 11.4. The van der Waals surface area contributed by atoms with Crippen molar-refractivity contribution < 1.29 is 4.79 Å². The Bertz CT molecular complexity index is 1310. The fourth-order valence-corrected chi connectivity index (χ4v) is 4.24. The molecule has 0 saturated heterocycles. The first-order chi connectivity index (χ1) is 16.3. The van der Waals surface area contributed by atoms with Gasteiger partial charge in [-0.3, -0.25) is 10.2 Å². The number of aromatic nitrogens is 2. The highest BCUT2D eigenvalue weighted by atomic mass is 16.1. The number of fused-ring (bicyclic) bond motifs is 1. The van der Waals surface area contributed by atoms with Gasteiger partial charge in [0.1, 0.15) is 23.7 Å². The number of para-hydroxylation sites is 1. The number of nitrogen functional groups attached to an aromatic ring is 1. The first kappa shape index (κ1) is 22.7. The van der Waals surface area contributed by atoms with Crippen molar-refractivity contribution in [1.82, 2.24) is 9.97 Å². The molecule has 0 fully saturated rings. The fourth-order valence-electron chi connectivity index (χ4n) is 4.24. The molecular formula is C26H27N7O. The molecule has 1 atom stereocenters. The predicted molar refractivity (Wildman–Crippen MR) is 137 cm³/mol. The Labute approximate surface area is 198 Å². The highest BCUT2D eigenvalue weighted by molar-refractivity contribution is 6.45. The lowest BCUT2D eigenvalue weighted by atomic mass is 9.90. The van der Waals surface area contributed by atoms with Crippen molar-refractivity contribution in [3.8, 4) is 0 Å². The Morgan fingerprint density at radius 3 is 2.59 bits per heavy atom. The third kappa shape index (κ3) is 4.01. The average Bonchev–Trinajstić information content (AvgIpc) is 2.83. The zero-order valence-electron chi connectivity index (χ0n) is 19.2. The molecule has 0 unspecified atom stereocenters. The molecule has 3 aromatic rings. The van der Waals surface area contributed by atoms with Gasteiger partial charge in [0.2, 0.25) is 0 Å². The maximum Gasteiger partial charge on any atom is 0.267 e. The molecule has 6 N–H and O–H groups in total. The zero-order chi connectivity index (χ0) is 24.4. The summed E-state index contributed by atoms with van der Waals surface area (Å²) in [5.41, 5.74) is 17.1. The number of nitrogens with zero attached hydrogens (tertiary/aromatic N) is 3. The van der Waals surface area contributed by atoms with E-state index in [1.807, 2.05) is 43.3 Å². The first-order valence-corrected chi connectivity index (χ1v) is 11.0. The van der Waals surface area contributed by atoms with Crippen LogP contribution in [0.3, 0.4) is 0 Å². The summed E-state index contributed by atoms with van der Waals surface area (Å²) >= 11 is 0. The summed E-state index contributed by atoms with van der Waals surface area (Å²) in [5.74, 6) is -0.640. The maximum absolute atomic E-state index is 11.7. The number of carbonyl (C=O) groups excluding carboxylic acids is 1. The number of amides is 1. The Balaban J connectivity index is 1.82. The van der Waals surface area contributed by atoms with Crippen molar-refractivity contribution >= 4 is 40.7 Å². The van der Waals surface area contributed by atoms with E-state index in [2.05, 4.69) is 51.9 Å². The van der Waals surface area contributed by atoms with Crippen molar-refractivity contribution in [2.24, 2.45) is 5.73 Å². The van der Waals surface area contributed by atoms with E-state index in [4.69, 9.17) is 16.9 Å². The number of nitrogens with two attached hydrogens (primary N) is 2. The van der Waals surface area contributed by atoms with Crippen molar-refractivity contribution in [3.63, 3.8) is 0 Å². The van der Waals surface area contributed by atoms with E-state index < -0.39 is 11.6 Å². The largest absolute Gasteiger partial charge is 0.383 e. The van der Waals surface area contributed by atoms with Gasteiger partial charge in [-0.05, 0) is 42.7 Å². The number of rotatable bonds is 7. The van der Waals surface area contributed by atoms with Crippen LogP contribution in [0, 0.1) is 5.41 Å². The third-order valence-corrected chi connectivity index (χ3v) is 5.87. The highest BCUT2D eigenvalue weighted by Gasteiger charge is 2.29. The monoisotopic (exact) mass is 453 g/mol. The number of carbonyl (C=O) groups is 1. The minimum absolute atomic E-state index is 0.00776. The second kappa shape index (κ2) is 9.19. The average molecular weight is 454 g/mol. The zero-order valence-corrected chi connectivity index (χ0v) is 19.2. The molecule has 34 heavy (non-hydrogen) atoms. The van der Waals surface area contributed by atoms with Crippen LogP contribution in [0.25, 0.3) is 11.8 Å². The van der Waals surface area contributed by atoms with E-state index in [1.54, 1.807) is 0 Å². The minimum Gasteiger partial charge on any atom is -0.383 e. The molecule has 8 heteroatoms. The van der Waals surface area contributed by atoms with Gasteiger partial charge in [-0.25, -0.2) is 9.97 Å². The van der Waals surface area contributed by atoms with Gasteiger partial charge in [0.15, 0.2) is 0 Å². The number of hydrogen-bond donors (Lipinski definition) is 4. The normalized spacial score (nSPS) is 13.6. The van der Waals surface area contributed by atoms with Gasteiger partial charge in [-0.15, -0.1) is 0 Å². The van der Waals surface area contributed by atoms with Gasteiger partial charge in [-0.2, -0.15) is 0 Å². The number of anilines is 3. The Morgan fingerprint density at radius 1 is 1.18 bits per heavy atom. The molecule has 2 heterocycles. The Hall–Kier alpha value is -4.46.